The summed E-state index contributed by atoms with van der Waals surface area (Å²) in [6.07, 6.45) is 2.98. The number of aromatic nitrogens is 1. The predicted molar refractivity (Wildman–Crippen MR) is 267 cm³/mol. The fourth-order valence-electron chi connectivity index (χ4n) is 9.26. The van der Waals surface area contributed by atoms with Crippen molar-refractivity contribution >= 4 is 78.2 Å². The van der Waals surface area contributed by atoms with Gasteiger partial charge in [0.15, 0.2) is 0 Å². The molecule has 0 aliphatic carbocycles. The molecule has 3 heterocycles. The molecule has 1 aliphatic heterocycles. The molecule has 9 aromatic rings. The van der Waals surface area contributed by atoms with E-state index < -0.39 is 13.3 Å². The quantitative estimate of drug-likeness (QED) is 0.0865. The molecule has 0 bridgehead atoms. The molecule has 4 nitrogen and oxygen atoms in total. The van der Waals surface area contributed by atoms with Crippen LogP contribution in [0.15, 0.2) is 144 Å². The molecule has 7 aromatic carbocycles. The third kappa shape index (κ3) is 8.60. The number of nitrogens with zero attached hydrogens (tertiary/aromatic N) is 3. The van der Waals surface area contributed by atoms with Gasteiger partial charge in [-0.1, -0.05) is 106 Å². The smallest absolute Gasteiger partial charge is 0.661 e. The number of rotatable bonds is 8. The van der Waals surface area contributed by atoms with E-state index in [4.69, 9.17) is 14.7 Å². The summed E-state index contributed by atoms with van der Waals surface area (Å²) in [5.41, 5.74) is 12.4. The number of furan rings is 1. The molecule has 10 rings (SSSR count). The maximum Gasteiger partial charge on any atom is 3.00 e. The van der Waals surface area contributed by atoms with Gasteiger partial charge in [-0.05, 0) is 68.9 Å². The number of pyridine rings is 1. The number of hydrogen-bond donors (Lipinski definition) is 0. The van der Waals surface area contributed by atoms with Gasteiger partial charge in [0, 0.05) is 22.3 Å². The minimum absolute atomic E-state index is 0. The number of hydrogen-bond acceptors (Lipinski definition) is 3. The minimum Gasteiger partial charge on any atom is -0.661 e. The molecule has 1 aliphatic rings. The van der Waals surface area contributed by atoms with Crippen molar-refractivity contribution in [2.45, 2.75) is 83.2 Å². The van der Waals surface area contributed by atoms with Crippen LogP contribution in [0.1, 0.15) is 81.8 Å². The normalized spacial score (nSPS) is 13.8. The van der Waals surface area contributed by atoms with E-state index in [1.807, 2.05) is 24.3 Å². The largest absolute Gasteiger partial charge is 3.00 e. The molecule has 0 saturated heterocycles. The Morgan fingerprint density at radius 1 is 0.683 bits per heavy atom. The molecule has 0 spiro atoms. The zero-order valence-electron chi connectivity index (χ0n) is 37.9. The van der Waals surface area contributed by atoms with Crippen LogP contribution in [0.2, 0.25) is 17.3 Å². The second kappa shape index (κ2) is 18.1. The molecule has 0 amide bonds. The summed E-state index contributed by atoms with van der Waals surface area (Å²) in [7, 11) is 0. The monoisotopic (exact) mass is 1070 g/mol. The first-order valence-corrected chi connectivity index (χ1v) is 29.6. The van der Waals surface area contributed by atoms with Gasteiger partial charge in [0.25, 0.3) is 0 Å². The molecule has 0 radical (unpaired) electrons. The van der Waals surface area contributed by atoms with E-state index >= 15 is 0 Å². The summed E-state index contributed by atoms with van der Waals surface area (Å²) in [6.45, 7) is 13.7. The molecule has 63 heavy (non-hydrogen) atoms. The van der Waals surface area contributed by atoms with Crippen molar-refractivity contribution in [2.24, 2.45) is 5.92 Å². The van der Waals surface area contributed by atoms with Crippen molar-refractivity contribution < 1.29 is 24.5 Å². The van der Waals surface area contributed by atoms with Gasteiger partial charge in [-0.15, -0.1) is 11.3 Å². The van der Waals surface area contributed by atoms with Crippen molar-refractivity contribution in [1.82, 2.24) is 4.98 Å². The summed E-state index contributed by atoms with van der Waals surface area (Å²) < 4.78 is 8.31. The van der Waals surface area contributed by atoms with Crippen molar-refractivity contribution in [3.05, 3.63) is 179 Å². The second-order valence-corrected chi connectivity index (χ2v) is 29.5. The zero-order chi connectivity index (χ0) is 43.3. The first-order valence-electron chi connectivity index (χ1n) is 22.2. The SMILES string of the molecule is CC(C)Cc1cc(-c2[c-]cccc2)nc[c]1[Ge]([CH3])([CH3])[CH3].CC(C)c1cccc(C(C)C)c1N1c2ccccc2[N-]C1c1[c-]ccc2c1oc1cc3c(ccc4ccccc43)cc12.[Ir+3]. The summed E-state index contributed by atoms with van der Waals surface area (Å²) >= 11 is -1.86. The topological polar surface area (TPSA) is 43.4 Å². The first-order chi connectivity index (χ1) is 29.9. The van der Waals surface area contributed by atoms with Crippen LogP contribution in [0.4, 0.5) is 17.1 Å². The van der Waals surface area contributed by atoms with Crippen molar-refractivity contribution in [2.75, 3.05) is 4.90 Å². The molecule has 0 saturated carbocycles. The van der Waals surface area contributed by atoms with E-state index in [2.05, 4.69) is 191 Å². The Kier molecular flexibility index (Phi) is 12.8. The summed E-state index contributed by atoms with van der Waals surface area (Å²) in [6, 6.07) is 54.1. The second-order valence-electron chi connectivity index (χ2n) is 18.9. The molecular formula is C57H56GeIrN3O. The number of benzene rings is 7. The van der Waals surface area contributed by atoms with Crippen molar-refractivity contribution in [3.63, 3.8) is 0 Å². The third-order valence-electron chi connectivity index (χ3n) is 12.2. The summed E-state index contributed by atoms with van der Waals surface area (Å²) in [5, 5.41) is 12.4. The Morgan fingerprint density at radius 2 is 1.40 bits per heavy atom. The maximum absolute atomic E-state index is 6.77. The van der Waals surface area contributed by atoms with Gasteiger partial charge in [0.05, 0.1) is 0 Å². The first kappa shape index (κ1) is 44.4. The molecular weight excluding hydrogens is 1010 g/mol. The van der Waals surface area contributed by atoms with Gasteiger partial charge in [-0.3, -0.25) is 0 Å². The van der Waals surface area contributed by atoms with Gasteiger partial charge in [-0.2, -0.15) is 18.2 Å². The Bertz CT molecular complexity index is 3050. The van der Waals surface area contributed by atoms with Crippen LogP contribution in [-0.2, 0) is 26.5 Å². The number of para-hydroxylation sites is 3. The van der Waals surface area contributed by atoms with E-state index in [9.17, 15) is 0 Å². The Balaban J connectivity index is 0.000000219. The molecule has 0 N–H and O–H groups in total. The van der Waals surface area contributed by atoms with E-state index in [-0.39, 0.29) is 26.3 Å². The van der Waals surface area contributed by atoms with Crippen molar-refractivity contribution in [1.29, 1.82) is 0 Å². The zero-order valence-corrected chi connectivity index (χ0v) is 42.4. The molecule has 2 aromatic heterocycles. The average Bonchev–Trinajstić information content (AvgIpc) is 3.83. The maximum atomic E-state index is 6.77. The van der Waals surface area contributed by atoms with Gasteiger partial charge in [0.2, 0.25) is 0 Å². The molecule has 1 unspecified atom stereocenters. The molecule has 1 atom stereocenters. The molecule has 318 valence electrons. The van der Waals surface area contributed by atoms with Crippen LogP contribution in [0.25, 0.3) is 60.1 Å². The molecule has 0 fully saturated rings. The van der Waals surface area contributed by atoms with E-state index in [1.165, 1.54) is 43.9 Å². The summed E-state index contributed by atoms with van der Waals surface area (Å²) in [5.74, 6) is 8.72. The number of fused-ring (bicyclic) bond motifs is 7. The average molecular weight is 1060 g/mol. The van der Waals surface area contributed by atoms with Crippen LogP contribution in [0, 0.1) is 18.1 Å². The van der Waals surface area contributed by atoms with Crippen LogP contribution in [-0.4, -0.2) is 18.3 Å². The van der Waals surface area contributed by atoms with Gasteiger partial charge in [-0.25, -0.2) is 0 Å². The number of anilines is 2. The minimum atomic E-state index is -1.86. The Morgan fingerprint density at radius 3 is 2.11 bits per heavy atom. The summed E-state index contributed by atoms with van der Waals surface area (Å²) in [4.78, 5) is 7.13. The Hall–Kier alpha value is -5.20. The predicted octanol–water partition coefficient (Wildman–Crippen LogP) is 16.1. The van der Waals surface area contributed by atoms with E-state index in [1.54, 1.807) is 4.40 Å². The molecule has 6 heteroatoms. The fourth-order valence-corrected chi connectivity index (χ4v) is 12.6. The van der Waals surface area contributed by atoms with Gasteiger partial charge < -0.3 is 14.6 Å². The van der Waals surface area contributed by atoms with Crippen LogP contribution >= 0.6 is 0 Å². The van der Waals surface area contributed by atoms with Crippen LogP contribution in [0.3, 0.4) is 0 Å². The van der Waals surface area contributed by atoms with Gasteiger partial charge >= 0.3 is 146 Å². The van der Waals surface area contributed by atoms with Gasteiger partial charge in [0.1, 0.15) is 5.58 Å². The third-order valence-corrected chi connectivity index (χ3v) is 16.6. The van der Waals surface area contributed by atoms with Crippen LogP contribution < -0.4 is 9.30 Å². The van der Waals surface area contributed by atoms with E-state index in [0.29, 0.717) is 17.8 Å². The fraction of sp³-hybridized carbons (Fsp3) is 0.246. The van der Waals surface area contributed by atoms with Crippen LogP contribution in [0.5, 0.6) is 0 Å². The van der Waals surface area contributed by atoms with Crippen molar-refractivity contribution in [3.8, 4) is 11.3 Å². The standard InChI is InChI=1S/C39H32N2O.C18H24GeN.Ir/c1-23(2)27-13-9-14-28(24(3)4)37(27)41-35-18-8-7-17-34(35)40-39(41)31-16-10-15-30-33-21-26-20-19-25-11-5-6-12-29(25)32(26)22-36(33)42-38(30)31;1-14(2)11-16-12-18(15-9-7-6-8-10-15)20-13-17(16)19(3,4)5;/h5-15,17-24,39H,1-4H3;6-9,12-14H,11H2,1-5H3;/q-2;-1;+3. The Labute approximate surface area is 389 Å². The van der Waals surface area contributed by atoms with E-state index in [0.717, 1.165) is 56.6 Å².